The number of rotatable bonds is 5. The molecule has 100 valence electrons. The van der Waals surface area contributed by atoms with Crippen molar-refractivity contribution in [3.8, 4) is 5.75 Å². The third-order valence-electron chi connectivity index (χ3n) is 3.67. The lowest BCUT2D eigenvalue weighted by molar-refractivity contribution is 0.120. The molecule has 1 aliphatic heterocycles. The number of hydrogen-bond acceptors (Lipinski definition) is 3. The van der Waals surface area contributed by atoms with Crippen molar-refractivity contribution in [3.63, 3.8) is 0 Å². The molecule has 0 saturated carbocycles. The van der Waals surface area contributed by atoms with E-state index < -0.39 is 0 Å². The Morgan fingerprint density at radius 1 is 1.06 bits per heavy atom. The van der Waals surface area contributed by atoms with Gasteiger partial charge >= 0.3 is 0 Å². The second-order valence-corrected chi connectivity index (χ2v) is 4.89. The Balaban J connectivity index is 1.69. The summed E-state index contributed by atoms with van der Waals surface area (Å²) in [5.41, 5.74) is 1.22. The van der Waals surface area contributed by atoms with Crippen LogP contribution in [0.3, 0.4) is 0 Å². The van der Waals surface area contributed by atoms with Gasteiger partial charge in [-0.15, -0.1) is 0 Å². The second-order valence-electron chi connectivity index (χ2n) is 4.89. The van der Waals surface area contributed by atoms with Crippen molar-refractivity contribution in [1.82, 2.24) is 9.80 Å². The highest BCUT2D eigenvalue weighted by Crippen LogP contribution is 2.15. The Labute approximate surface area is 110 Å². The zero-order valence-corrected chi connectivity index (χ0v) is 11.6. The number of piperazine rings is 1. The van der Waals surface area contributed by atoms with Crippen molar-refractivity contribution in [2.24, 2.45) is 0 Å². The van der Waals surface area contributed by atoms with Crippen LogP contribution in [0.25, 0.3) is 0 Å². The molecular weight excluding hydrogens is 224 g/mol. The normalized spacial score (nSPS) is 17.9. The predicted molar refractivity (Wildman–Crippen MR) is 75.2 cm³/mol. The molecule has 0 radical (unpaired) electrons. The van der Waals surface area contributed by atoms with Gasteiger partial charge in [-0.25, -0.2) is 0 Å². The smallest absolute Gasteiger partial charge is 0.122 e. The lowest BCUT2D eigenvalue weighted by Gasteiger charge is -2.33. The van der Waals surface area contributed by atoms with Crippen LogP contribution in [0.1, 0.15) is 12.5 Å². The SMILES string of the molecule is CCN1CCN(CCOc2ccccc2C)CC1. The van der Waals surface area contributed by atoms with E-state index in [1.54, 1.807) is 0 Å². The molecule has 0 aromatic heterocycles. The summed E-state index contributed by atoms with van der Waals surface area (Å²) in [7, 11) is 0. The monoisotopic (exact) mass is 248 g/mol. The minimum atomic E-state index is 0.789. The number of likely N-dealkylation sites (N-methyl/N-ethyl adjacent to an activating group) is 1. The van der Waals surface area contributed by atoms with Crippen molar-refractivity contribution >= 4 is 0 Å². The molecule has 1 aromatic carbocycles. The van der Waals surface area contributed by atoms with Gasteiger partial charge in [0.25, 0.3) is 0 Å². The molecule has 0 atom stereocenters. The van der Waals surface area contributed by atoms with Crippen molar-refractivity contribution in [1.29, 1.82) is 0 Å². The summed E-state index contributed by atoms with van der Waals surface area (Å²) < 4.78 is 5.84. The lowest BCUT2D eigenvalue weighted by Crippen LogP contribution is -2.47. The topological polar surface area (TPSA) is 15.7 Å². The largest absolute Gasteiger partial charge is 0.492 e. The van der Waals surface area contributed by atoms with Gasteiger partial charge in [0.2, 0.25) is 0 Å². The van der Waals surface area contributed by atoms with Crippen LogP contribution in [0, 0.1) is 6.92 Å². The third kappa shape index (κ3) is 3.72. The van der Waals surface area contributed by atoms with E-state index >= 15 is 0 Å². The summed E-state index contributed by atoms with van der Waals surface area (Å²) in [6, 6.07) is 8.22. The number of hydrogen-bond donors (Lipinski definition) is 0. The van der Waals surface area contributed by atoms with Crippen LogP contribution in [-0.4, -0.2) is 55.7 Å². The predicted octanol–water partition coefficient (Wildman–Crippen LogP) is 2.01. The van der Waals surface area contributed by atoms with Gasteiger partial charge in [0.15, 0.2) is 0 Å². The van der Waals surface area contributed by atoms with E-state index in [0.717, 1.165) is 18.9 Å². The van der Waals surface area contributed by atoms with Gasteiger partial charge in [-0.2, -0.15) is 0 Å². The molecule has 1 aliphatic rings. The number of ether oxygens (including phenoxy) is 1. The van der Waals surface area contributed by atoms with E-state index in [1.807, 2.05) is 18.2 Å². The van der Waals surface area contributed by atoms with Gasteiger partial charge in [-0.3, -0.25) is 4.90 Å². The van der Waals surface area contributed by atoms with Gasteiger partial charge in [0.1, 0.15) is 12.4 Å². The molecular formula is C15H24N2O. The molecule has 1 fully saturated rings. The fraction of sp³-hybridized carbons (Fsp3) is 0.600. The van der Waals surface area contributed by atoms with E-state index in [1.165, 1.54) is 38.3 Å². The minimum absolute atomic E-state index is 0.789. The summed E-state index contributed by atoms with van der Waals surface area (Å²) >= 11 is 0. The van der Waals surface area contributed by atoms with Crippen LogP contribution in [-0.2, 0) is 0 Å². The number of benzene rings is 1. The molecule has 0 unspecified atom stereocenters. The van der Waals surface area contributed by atoms with Crippen LogP contribution in [0.15, 0.2) is 24.3 Å². The standard InChI is InChI=1S/C15H24N2O/c1-3-16-8-10-17(11-9-16)12-13-18-15-7-5-4-6-14(15)2/h4-7H,3,8-13H2,1-2H3. The van der Waals surface area contributed by atoms with Crippen molar-refractivity contribution in [3.05, 3.63) is 29.8 Å². The molecule has 0 amide bonds. The van der Waals surface area contributed by atoms with Crippen LogP contribution < -0.4 is 4.74 Å². The number of aryl methyl sites for hydroxylation is 1. The first-order valence-corrected chi connectivity index (χ1v) is 6.92. The van der Waals surface area contributed by atoms with E-state index in [4.69, 9.17) is 4.74 Å². The first kappa shape index (κ1) is 13.4. The number of para-hydroxylation sites is 1. The van der Waals surface area contributed by atoms with Crippen LogP contribution in [0.2, 0.25) is 0 Å². The molecule has 3 nitrogen and oxygen atoms in total. The van der Waals surface area contributed by atoms with E-state index in [9.17, 15) is 0 Å². The summed E-state index contributed by atoms with van der Waals surface area (Å²) in [6.07, 6.45) is 0. The first-order valence-electron chi connectivity index (χ1n) is 6.92. The van der Waals surface area contributed by atoms with Crippen molar-refractivity contribution in [2.45, 2.75) is 13.8 Å². The molecule has 2 rings (SSSR count). The average molecular weight is 248 g/mol. The van der Waals surface area contributed by atoms with Gasteiger partial charge < -0.3 is 9.64 Å². The third-order valence-corrected chi connectivity index (χ3v) is 3.67. The fourth-order valence-electron chi connectivity index (χ4n) is 2.33. The van der Waals surface area contributed by atoms with Crippen LogP contribution >= 0.6 is 0 Å². The van der Waals surface area contributed by atoms with E-state index in [0.29, 0.717) is 0 Å². The maximum Gasteiger partial charge on any atom is 0.122 e. The molecule has 1 saturated heterocycles. The van der Waals surface area contributed by atoms with Gasteiger partial charge in [-0.05, 0) is 25.1 Å². The van der Waals surface area contributed by atoms with Gasteiger partial charge in [-0.1, -0.05) is 25.1 Å². The zero-order valence-electron chi connectivity index (χ0n) is 11.6. The van der Waals surface area contributed by atoms with Gasteiger partial charge in [0.05, 0.1) is 0 Å². The molecule has 1 heterocycles. The quantitative estimate of drug-likeness (QED) is 0.793. The minimum Gasteiger partial charge on any atom is -0.492 e. The Kier molecular flexibility index (Phi) is 5.02. The maximum absolute atomic E-state index is 5.84. The van der Waals surface area contributed by atoms with Crippen LogP contribution in [0.4, 0.5) is 0 Å². The average Bonchev–Trinajstić information content (AvgIpc) is 2.42. The molecule has 18 heavy (non-hydrogen) atoms. The fourth-order valence-corrected chi connectivity index (χ4v) is 2.33. The highest BCUT2D eigenvalue weighted by Gasteiger charge is 2.14. The second kappa shape index (κ2) is 6.76. The molecule has 1 aromatic rings. The lowest BCUT2D eigenvalue weighted by atomic mass is 10.2. The Morgan fingerprint density at radius 2 is 1.72 bits per heavy atom. The highest BCUT2D eigenvalue weighted by molar-refractivity contribution is 5.31. The number of nitrogens with zero attached hydrogens (tertiary/aromatic N) is 2. The summed E-state index contributed by atoms with van der Waals surface area (Å²) in [4.78, 5) is 4.99. The van der Waals surface area contributed by atoms with Crippen molar-refractivity contribution < 1.29 is 4.74 Å². The first-order chi connectivity index (χ1) is 8.79. The van der Waals surface area contributed by atoms with Gasteiger partial charge in [0, 0.05) is 32.7 Å². The summed E-state index contributed by atoms with van der Waals surface area (Å²) in [5.74, 6) is 1.02. The zero-order chi connectivity index (χ0) is 12.8. The van der Waals surface area contributed by atoms with E-state index in [-0.39, 0.29) is 0 Å². The maximum atomic E-state index is 5.84. The molecule has 0 N–H and O–H groups in total. The van der Waals surface area contributed by atoms with E-state index in [2.05, 4.69) is 29.7 Å². The van der Waals surface area contributed by atoms with Crippen LogP contribution in [0.5, 0.6) is 5.75 Å². The molecule has 0 bridgehead atoms. The Morgan fingerprint density at radius 3 is 2.39 bits per heavy atom. The Hall–Kier alpha value is -1.06. The Bertz CT molecular complexity index is 359. The molecule has 0 aliphatic carbocycles. The summed E-state index contributed by atoms with van der Waals surface area (Å²) in [6.45, 7) is 12.1. The van der Waals surface area contributed by atoms with Crippen molar-refractivity contribution in [2.75, 3.05) is 45.9 Å². The summed E-state index contributed by atoms with van der Waals surface area (Å²) in [5, 5.41) is 0. The molecule has 0 spiro atoms. The highest BCUT2D eigenvalue weighted by atomic mass is 16.5. The molecule has 3 heteroatoms.